The van der Waals surface area contributed by atoms with E-state index in [4.69, 9.17) is 4.74 Å². The first-order chi connectivity index (χ1) is 9.78. The Labute approximate surface area is 116 Å². The van der Waals surface area contributed by atoms with Gasteiger partial charge in [0.15, 0.2) is 0 Å². The highest BCUT2D eigenvalue weighted by Crippen LogP contribution is 2.29. The van der Waals surface area contributed by atoms with Crippen molar-refractivity contribution in [2.24, 2.45) is 0 Å². The van der Waals surface area contributed by atoms with E-state index in [1.807, 2.05) is 37.3 Å². The minimum absolute atomic E-state index is 0.250. The zero-order chi connectivity index (χ0) is 13.9. The van der Waals surface area contributed by atoms with E-state index in [1.54, 1.807) is 12.1 Å². The second-order valence-electron chi connectivity index (χ2n) is 4.47. The largest absolute Gasteiger partial charge is 0.478 e. The van der Waals surface area contributed by atoms with Crippen LogP contribution in [0.2, 0.25) is 0 Å². The lowest BCUT2D eigenvalue weighted by atomic mass is 10.1. The van der Waals surface area contributed by atoms with Crippen molar-refractivity contribution in [1.82, 2.24) is 4.98 Å². The second kappa shape index (κ2) is 5.29. The molecule has 20 heavy (non-hydrogen) atoms. The van der Waals surface area contributed by atoms with Gasteiger partial charge in [0.1, 0.15) is 5.82 Å². The number of hydrogen-bond acceptors (Lipinski definition) is 2. The summed E-state index contributed by atoms with van der Waals surface area (Å²) in [5, 5.41) is 2.05. The molecule has 0 spiro atoms. The van der Waals surface area contributed by atoms with Crippen LogP contribution in [0.25, 0.3) is 22.0 Å². The van der Waals surface area contributed by atoms with Crippen LogP contribution < -0.4 is 4.74 Å². The molecule has 0 unspecified atom stereocenters. The number of hydrogen-bond donors (Lipinski definition) is 0. The highest BCUT2D eigenvalue weighted by molar-refractivity contribution is 5.89. The first-order valence-electron chi connectivity index (χ1n) is 6.56. The predicted molar refractivity (Wildman–Crippen MR) is 78.3 cm³/mol. The summed E-state index contributed by atoms with van der Waals surface area (Å²) in [7, 11) is 0. The van der Waals surface area contributed by atoms with E-state index in [1.165, 1.54) is 12.1 Å². The molecule has 1 heterocycles. The quantitative estimate of drug-likeness (QED) is 0.700. The van der Waals surface area contributed by atoms with Crippen LogP contribution in [0.1, 0.15) is 6.92 Å². The lowest BCUT2D eigenvalue weighted by Crippen LogP contribution is -1.97. The van der Waals surface area contributed by atoms with Crippen LogP contribution in [0.4, 0.5) is 4.39 Å². The number of aromatic nitrogens is 1. The van der Waals surface area contributed by atoms with Crippen molar-refractivity contribution in [2.75, 3.05) is 6.61 Å². The van der Waals surface area contributed by atoms with E-state index < -0.39 is 0 Å². The average Bonchev–Trinajstić information content (AvgIpc) is 2.48. The van der Waals surface area contributed by atoms with Crippen molar-refractivity contribution >= 4 is 10.8 Å². The number of rotatable bonds is 3. The van der Waals surface area contributed by atoms with Gasteiger partial charge in [-0.3, -0.25) is 0 Å². The minimum atomic E-state index is -0.250. The van der Waals surface area contributed by atoms with Crippen molar-refractivity contribution in [3.8, 4) is 17.1 Å². The molecule has 100 valence electrons. The molecule has 0 fully saturated rings. The number of ether oxygens (including phenoxy) is 1. The Hall–Kier alpha value is -2.42. The molecular weight excluding hydrogens is 253 g/mol. The zero-order valence-corrected chi connectivity index (χ0v) is 11.1. The summed E-state index contributed by atoms with van der Waals surface area (Å²) in [5.41, 5.74) is 1.66. The lowest BCUT2D eigenvalue weighted by molar-refractivity contribution is 0.332. The van der Waals surface area contributed by atoms with Gasteiger partial charge >= 0.3 is 0 Å². The van der Waals surface area contributed by atoms with E-state index in [-0.39, 0.29) is 5.82 Å². The molecule has 3 heteroatoms. The van der Waals surface area contributed by atoms with E-state index in [9.17, 15) is 4.39 Å². The maximum absolute atomic E-state index is 13.0. The van der Waals surface area contributed by atoms with Gasteiger partial charge in [-0.05, 0) is 48.7 Å². The average molecular weight is 267 g/mol. The Kier molecular flexibility index (Phi) is 3.33. The number of pyridine rings is 1. The standard InChI is InChI=1S/C17H14FNO/c1-2-20-17-15-6-4-3-5-13(15)11-16(19-17)12-7-9-14(18)10-8-12/h3-11H,2H2,1H3. The first kappa shape index (κ1) is 12.6. The van der Waals surface area contributed by atoms with Crippen LogP contribution >= 0.6 is 0 Å². The van der Waals surface area contributed by atoms with Gasteiger partial charge in [-0.2, -0.15) is 0 Å². The number of benzene rings is 2. The van der Waals surface area contributed by atoms with Crippen LogP contribution in [0.5, 0.6) is 5.88 Å². The first-order valence-corrected chi connectivity index (χ1v) is 6.56. The molecular formula is C17H14FNO. The Morgan fingerprint density at radius 2 is 1.80 bits per heavy atom. The van der Waals surface area contributed by atoms with E-state index in [0.29, 0.717) is 12.5 Å². The normalized spacial score (nSPS) is 10.7. The van der Waals surface area contributed by atoms with Crippen LogP contribution in [-0.4, -0.2) is 11.6 Å². The third-order valence-electron chi connectivity index (χ3n) is 3.13. The second-order valence-corrected chi connectivity index (χ2v) is 4.47. The van der Waals surface area contributed by atoms with E-state index in [0.717, 1.165) is 22.0 Å². The van der Waals surface area contributed by atoms with Gasteiger partial charge in [-0.1, -0.05) is 18.2 Å². The Balaban J connectivity index is 2.18. The molecule has 1 aromatic heterocycles. The monoisotopic (exact) mass is 267 g/mol. The summed E-state index contributed by atoms with van der Waals surface area (Å²) in [4.78, 5) is 4.55. The minimum Gasteiger partial charge on any atom is -0.478 e. The molecule has 0 saturated carbocycles. The molecule has 0 aliphatic heterocycles. The maximum atomic E-state index is 13.0. The Morgan fingerprint density at radius 3 is 2.55 bits per heavy atom. The summed E-state index contributed by atoms with van der Waals surface area (Å²) in [6.45, 7) is 2.49. The van der Waals surface area contributed by atoms with Crippen molar-refractivity contribution in [3.63, 3.8) is 0 Å². The SMILES string of the molecule is CCOc1nc(-c2ccc(F)cc2)cc2ccccc12. The van der Waals surface area contributed by atoms with Crippen LogP contribution in [0, 0.1) is 5.82 Å². The van der Waals surface area contributed by atoms with Gasteiger partial charge in [0, 0.05) is 10.9 Å². The molecule has 3 aromatic rings. The summed E-state index contributed by atoms with van der Waals surface area (Å²) in [6, 6.07) is 16.3. The topological polar surface area (TPSA) is 22.1 Å². The van der Waals surface area contributed by atoms with E-state index in [2.05, 4.69) is 4.98 Å². The van der Waals surface area contributed by atoms with Gasteiger partial charge < -0.3 is 4.74 Å². The third kappa shape index (κ3) is 2.35. The number of nitrogens with zero attached hydrogens (tertiary/aromatic N) is 1. The van der Waals surface area contributed by atoms with E-state index >= 15 is 0 Å². The third-order valence-corrected chi connectivity index (χ3v) is 3.13. The van der Waals surface area contributed by atoms with Gasteiger partial charge in [0.05, 0.1) is 12.3 Å². The van der Waals surface area contributed by atoms with Crippen LogP contribution in [-0.2, 0) is 0 Å². The van der Waals surface area contributed by atoms with Gasteiger partial charge in [0.25, 0.3) is 0 Å². The molecule has 0 aliphatic carbocycles. The van der Waals surface area contributed by atoms with Crippen LogP contribution in [0.3, 0.4) is 0 Å². The maximum Gasteiger partial charge on any atom is 0.221 e. The van der Waals surface area contributed by atoms with Crippen molar-refractivity contribution in [2.45, 2.75) is 6.92 Å². The number of fused-ring (bicyclic) bond motifs is 1. The molecule has 0 N–H and O–H groups in total. The molecule has 2 aromatic carbocycles. The predicted octanol–water partition coefficient (Wildman–Crippen LogP) is 4.44. The fraction of sp³-hybridized carbons (Fsp3) is 0.118. The molecule has 0 bridgehead atoms. The lowest BCUT2D eigenvalue weighted by Gasteiger charge is -2.09. The Morgan fingerprint density at radius 1 is 1.05 bits per heavy atom. The molecule has 0 amide bonds. The smallest absolute Gasteiger partial charge is 0.221 e. The summed E-state index contributed by atoms with van der Waals surface area (Å²) < 4.78 is 18.6. The molecule has 0 radical (unpaired) electrons. The Bertz CT molecular complexity index is 738. The van der Waals surface area contributed by atoms with Gasteiger partial charge in [-0.25, -0.2) is 9.37 Å². The summed E-state index contributed by atoms with van der Waals surface area (Å²) in [5.74, 6) is 0.365. The zero-order valence-electron chi connectivity index (χ0n) is 11.1. The fourth-order valence-electron chi connectivity index (χ4n) is 2.18. The van der Waals surface area contributed by atoms with Gasteiger partial charge in [-0.15, -0.1) is 0 Å². The fourth-order valence-corrected chi connectivity index (χ4v) is 2.18. The van der Waals surface area contributed by atoms with Crippen molar-refractivity contribution < 1.29 is 9.13 Å². The van der Waals surface area contributed by atoms with Crippen molar-refractivity contribution in [1.29, 1.82) is 0 Å². The molecule has 3 rings (SSSR count). The number of halogens is 1. The molecule has 0 saturated heterocycles. The highest BCUT2D eigenvalue weighted by Gasteiger charge is 2.08. The highest BCUT2D eigenvalue weighted by atomic mass is 19.1. The summed E-state index contributed by atoms with van der Waals surface area (Å²) in [6.07, 6.45) is 0. The molecule has 0 atom stereocenters. The summed E-state index contributed by atoms with van der Waals surface area (Å²) >= 11 is 0. The van der Waals surface area contributed by atoms with Crippen molar-refractivity contribution in [3.05, 3.63) is 60.4 Å². The molecule has 2 nitrogen and oxygen atoms in total. The van der Waals surface area contributed by atoms with Crippen LogP contribution in [0.15, 0.2) is 54.6 Å². The van der Waals surface area contributed by atoms with Gasteiger partial charge in [0.2, 0.25) is 5.88 Å². The molecule has 0 aliphatic rings.